The Morgan fingerprint density at radius 3 is 2.52 bits per heavy atom. The van der Waals surface area contributed by atoms with Crippen LogP contribution in [-0.2, 0) is 15.8 Å². The van der Waals surface area contributed by atoms with E-state index in [1.54, 1.807) is 0 Å². The van der Waals surface area contributed by atoms with Crippen molar-refractivity contribution >= 4 is 34.2 Å². The second-order valence-electron chi connectivity index (χ2n) is 5.92. The molecular formula is C21H20IN2O+. The number of benzene rings is 2. The SMILES string of the molecule is Cc1cccc(CI)c1NC(=O)C[n+]1cccc(-c2ccccc2)c1. The molecule has 3 rings (SSSR count). The molecular weight excluding hydrogens is 423 g/mol. The van der Waals surface area contributed by atoms with Crippen molar-refractivity contribution in [2.45, 2.75) is 17.9 Å². The number of carbonyl (C=O) groups excluding carboxylic acids is 1. The van der Waals surface area contributed by atoms with E-state index in [0.29, 0.717) is 0 Å². The predicted molar refractivity (Wildman–Crippen MR) is 110 cm³/mol. The minimum absolute atomic E-state index is 0.0180. The standard InChI is InChI=1S/C21H19IN2O/c1-16-7-5-10-18(13-22)21(16)23-20(25)15-24-12-6-11-19(14-24)17-8-3-2-4-9-17/h2-12,14H,13,15H2,1H3/p+1. The topological polar surface area (TPSA) is 33.0 Å². The number of nitrogens with zero attached hydrogens (tertiary/aromatic N) is 1. The molecule has 0 radical (unpaired) electrons. The maximum Gasteiger partial charge on any atom is 0.290 e. The first-order valence-corrected chi connectivity index (χ1v) is 9.69. The summed E-state index contributed by atoms with van der Waals surface area (Å²) in [6.45, 7) is 2.31. The van der Waals surface area contributed by atoms with E-state index < -0.39 is 0 Å². The van der Waals surface area contributed by atoms with Crippen LogP contribution in [0.4, 0.5) is 5.69 Å². The molecule has 1 N–H and O–H groups in total. The Hall–Kier alpha value is -2.21. The van der Waals surface area contributed by atoms with E-state index in [4.69, 9.17) is 0 Å². The Bertz CT molecular complexity index is 878. The van der Waals surface area contributed by atoms with Crippen LogP contribution in [0.1, 0.15) is 11.1 Å². The van der Waals surface area contributed by atoms with Crippen LogP contribution in [-0.4, -0.2) is 5.91 Å². The second kappa shape index (κ2) is 8.25. The van der Waals surface area contributed by atoms with Gasteiger partial charge in [0.25, 0.3) is 5.91 Å². The zero-order valence-electron chi connectivity index (χ0n) is 14.1. The fourth-order valence-electron chi connectivity index (χ4n) is 2.79. The van der Waals surface area contributed by atoms with Crippen molar-refractivity contribution < 1.29 is 9.36 Å². The number of halogens is 1. The second-order valence-corrected chi connectivity index (χ2v) is 6.68. The molecule has 0 unspecified atom stereocenters. The van der Waals surface area contributed by atoms with Gasteiger partial charge >= 0.3 is 0 Å². The fraction of sp³-hybridized carbons (Fsp3) is 0.143. The number of anilines is 1. The maximum atomic E-state index is 12.5. The lowest BCUT2D eigenvalue weighted by atomic mass is 10.1. The molecule has 3 nitrogen and oxygen atoms in total. The highest BCUT2D eigenvalue weighted by molar-refractivity contribution is 14.1. The number of amides is 1. The molecule has 126 valence electrons. The molecule has 1 aromatic heterocycles. The molecule has 4 heteroatoms. The lowest BCUT2D eigenvalue weighted by Crippen LogP contribution is -2.39. The van der Waals surface area contributed by atoms with Crippen LogP contribution < -0.4 is 9.88 Å². The molecule has 0 atom stereocenters. The summed E-state index contributed by atoms with van der Waals surface area (Å²) in [5.41, 5.74) is 5.41. The Kier molecular flexibility index (Phi) is 5.81. The molecule has 1 amide bonds. The molecule has 25 heavy (non-hydrogen) atoms. The van der Waals surface area contributed by atoms with Gasteiger partial charge in [0.1, 0.15) is 0 Å². The normalized spacial score (nSPS) is 10.5. The van der Waals surface area contributed by atoms with E-state index in [1.165, 1.54) is 0 Å². The van der Waals surface area contributed by atoms with Gasteiger partial charge in [0, 0.05) is 21.7 Å². The average Bonchev–Trinajstić information content (AvgIpc) is 2.64. The summed E-state index contributed by atoms with van der Waals surface area (Å²) in [5, 5.41) is 3.07. The Morgan fingerprint density at radius 1 is 1.00 bits per heavy atom. The summed E-state index contributed by atoms with van der Waals surface area (Å²) < 4.78 is 2.78. The van der Waals surface area contributed by atoms with Crippen molar-refractivity contribution in [1.29, 1.82) is 0 Å². The van der Waals surface area contributed by atoms with Crippen molar-refractivity contribution in [3.8, 4) is 11.1 Å². The third-order valence-corrected chi connectivity index (χ3v) is 4.88. The van der Waals surface area contributed by atoms with Crippen molar-refractivity contribution in [2.75, 3.05) is 5.32 Å². The van der Waals surface area contributed by atoms with Crippen LogP contribution in [0.3, 0.4) is 0 Å². The number of carbonyl (C=O) groups is 1. The van der Waals surface area contributed by atoms with Gasteiger partial charge in [-0.2, -0.15) is 4.57 Å². The van der Waals surface area contributed by atoms with Gasteiger partial charge in [0.05, 0.1) is 0 Å². The molecule has 1 heterocycles. The summed E-state index contributed by atoms with van der Waals surface area (Å²) >= 11 is 2.32. The van der Waals surface area contributed by atoms with Gasteiger partial charge in [-0.3, -0.25) is 4.79 Å². The predicted octanol–water partition coefficient (Wildman–Crippen LogP) is 4.52. The first-order valence-electron chi connectivity index (χ1n) is 8.16. The van der Waals surface area contributed by atoms with E-state index >= 15 is 0 Å². The van der Waals surface area contributed by atoms with Crippen LogP contribution in [0.5, 0.6) is 0 Å². The summed E-state index contributed by atoms with van der Waals surface area (Å²) in [5.74, 6) is -0.0180. The number of rotatable bonds is 5. The molecule has 3 aromatic rings. The summed E-state index contributed by atoms with van der Waals surface area (Å²) in [4.78, 5) is 12.5. The molecule has 0 saturated carbocycles. The summed E-state index contributed by atoms with van der Waals surface area (Å²) in [7, 11) is 0. The lowest BCUT2D eigenvalue weighted by molar-refractivity contribution is -0.683. The number of hydrogen-bond acceptors (Lipinski definition) is 1. The smallest absolute Gasteiger partial charge is 0.290 e. The van der Waals surface area contributed by atoms with Gasteiger partial charge < -0.3 is 5.32 Å². The van der Waals surface area contributed by atoms with Crippen molar-refractivity contribution in [3.05, 3.63) is 84.2 Å². The lowest BCUT2D eigenvalue weighted by Gasteiger charge is -2.11. The van der Waals surface area contributed by atoms with Crippen LogP contribution in [0.2, 0.25) is 0 Å². The minimum Gasteiger partial charge on any atom is -0.320 e. The molecule has 0 aliphatic rings. The average molecular weight is 443 g/mol. The third kappa shape index (κ3) is 4.45. The maximum absolute atomic E-state index is 12.5. The number of pyridine rings is 1. The van der Waals surface area contributed by atoms with Gasteiger partial charge in [-0.25, -0.2) is 0 Å². The molecule has 0 saturated heterocycles. The van der Waals surface area contributed by atoms with E-state index in [-0.39, 0.29) is 12.5 Å². The molecule has 0 aliphatic carbocycles. The highest BCUT2D eigenvalue weighted by atomic mass is 127. The number of aromatic nitrogens is 1. The highest BCUT2D eigenvalue weighted by Gasteiger charge is 2.14. The minimum atomic E-state index is -0.0180. The van der Waals surface area contributed by atoms with Crippen LogP contribution in [0.15, 0.2) is 73.1 Å². The molecule has 0 bridgehead atoms. The summed E-state index contributed by atoms with van der Waals surface area (Å²) in [6.07, 6.45) is 3.93. The molecule has 0 fully saturated rings. The molecule has 2 aromatic carbocycles. The quantitative estimate of drug-likeness (QED) is 0.351. The molecule has 0 aliphatic heterocycles. The summed E-state index contributed by atoms with van der Waals surface area (Å²) in [6, 6.07) is 20.3. The number of alkyl halides is 1. The van der Waals surface area contributed by atoms with Crippen LogP contribution in [0.25, 0.3) is 11.1 Å². The Balaban J connectivity index is 1.76. The number of nitrogens with one attached hydrogen (secondary N) is 1. The van der Waals surface area contributed by atoms with Crippen LogP contribution >= 0.6 is 22.6 Å². The Morgan fingerprint density at radius 2 is 1.76 bits per heavy atom. The highest BCUT2D eigenvalue weighted by Crippen LogP contribution is 2.23. The fourth-order valence-corrected chi connectivity index (χ4v) is 3.42. The first kappa shape index (κ1) is 17.6. The number of para-hydroxylation sites is 1. The van der Waals surface area contributed by atoms with Gasteiger partial charge in [-0.1, -0.05) is 71.1 Å². The number of hydrogen-bond donors (Lipinski definition) is 1. The van der Waals surface area contributed by atoms with Crippen molar-refractivity contribution in [2.24, 2.45) is 0 Å². The number of aryl methyl sites for hydroxylation is 1. The zero-order valence-corrected chi connectivity index (χ0v) is 16.2. The van der Waals surface area contributed by atoms with Gasteiger partial charge in [-0.05, 0) is 29.7 Å². The first-order chi connectivity index (χ1) is 12.2. The third-order valence-electron chi connectivity index (χ3n) is 4.06. The monoisotopic (exact) mass is 443 g/mol. The van der Waals surface area contributed by atoms with E-state index in [0.717, 1.165) is 32.4 Å². The molecule has 0 spiro atoms. The van der Waals surface area contributed by atoms with Gasteiger partial charge in [0.15, 0.2) is 12.4 Å². The van der Waals surface area contributed by atoms with Gasteiger partial charge in [0.2, 0.25) is 6.54 Å². The van der Waals surface area contributed by atoms with Gasteiger partial charge in [-0.15, -0.1) is 0 Å². The largest absolute Gasteiger partial charge is 0.320 e. The van der Waals surface area contributed by atoms with Crippen molar-refractivity contribution in [3.63, 3.8) is 0 Å². The van der Waals surface area contributed by atoms with Crippen molar-refractivity contribution in [1.82, 2.24) is 0 Å². The van der Waals surface area contributed by atoms with E-state index in [1.807, 2.05) is 60.3 Å². The van der Waals surface area contributed by atoms with Crippen LogP contribution in [0, 0.1) is 6.92 Å². The van der Waals surface area contributed by atoms with E-state index in [2.05, 4.69) is 52.2 Å². The van der Waals surface area contributed by atoms with E-state index in [9.17, 15) is 4.79 Å². The Labute approximate surface area is 161 Å². The zero-order chi connectivity index (χ0) is 17.6.